The molecule has 0 bridgehead atoms. The number of hydrogen-bond acceptors (Lipinski definition) is 5. The first-order valence-electron chi connectivity index (χ1n) is 7.59. The number of fused-ring (bicyclic) bond motifs is 1. The first-order chi connectivity index (χ1) is 11.2. The van der Waals surface area contributed by atoms with Crippen molar-refractivity contribution in [3.05, 3.63) is 41.7 Å². The lowest BCUT2D eigenvalue weighted by atomic mass is 10.3. The fourth-order valence-electron chi connectivity index (χ4n) is 2.35. The summed E-state index contributed by atoms with van der Waals surface area (Å²) in [7, 11) is 0. The Bertz CT molecular complexity index is 790. The van der Waals surface area contributed by atoms with E-state index in [4.69, 9.17) is 0 Å². The maximum absolute atomic E-state index is 12.2. The molecule has 120 valence electrons. The number of hydrogen-bond donors (Lipinski definition) is 2. The predicted molar refractivity (Wildman–Crippen MR) is 93.1 cm³/mol. The molecule has 2 aromatic heterocycles. The predicted octanol–water partition coefficient (Wildman–Crippen LogP) is 2.66. The Morgan fingerprint density at radius 2 is 2.13 bits per heavy atom. The van der Waals surface area contributed by atoms with E-state index in [0.29, 0.717) is 25.3 Å². The van der Waals surface area contributed by atoms with Crippen molar-refractivity contribution in [1.29, 1.82) is 0 Å². The van der Waals surface area contributed by atoms with Gasteiger partial charge in [-0.25, -0.2) is 4.98 Å². The van der Waals surface area contributed by atoms with Crippen LogP contribution in [0.5, 0.6) is 0 Å². The van der Waals surface area contributed by atoms with E-state index in [0.717, 1.165) is 21.0 Å². The highest BCUT2D eigenvalue weighted by Crippen LogP contribution is 2.24. The molecule has 0 atom stereocenters. The van der Waals surface area contributed by atoms with E-state index in [9.17, 15) is 4.79 Å². The van der Waals surface area contributed by atoms with Crippen LogP contribution in [-0.4, -0.2) is 33.8 Å². The number of rotatable bonds is 6. The molecular weight excluding hydrogens is 310 g/mol. The Hall–Kier alpha value is -2.41. The maximum atomic E-state index is 12.2. The van der Waals surface area contributed by atoms with Gasteiger partial charge >= 0.3 is 0 Å². The summed E-state index contributed by atoms with van der Waals surface area (Å²) >= 11 is 1.61. The van der Waals surface area contributed by atoms with Gasteiger partial charge in [-0.1, -0.05) is 23.5 Å². The zero-order chi connectivity index (χ0) is 16.2. The molecule has 0 saturated carbocycles. The van der Waals surface area contributed by atoms with Gasteiger partial charge in [-0.15, -0.1) is 0 Å². The van der Waals surface area contributed by atoms with Gasteiger partial charge in [0.15, 0.2) is 5.13 Å². The Kier molecular flexibility index (Phi) is 4.57. The first kappa shape index (κ1) is 15.5. The van der Waals surface area contributed by atoms with Crippen molar-refractivity contribution >= 4 is 32.6 Å². The van der Waals surface area contributed by atoms with Gasteiger partial charge in [-0.2, -0.15) is 5.10 Å². The monoisotopic (exact) mass is 329 g/mol. The van der Waals surface area contributed by atoms with E-state index in [1.807, 2.05) is 38.1 Å². The molecule has 7 heteroatoms. The summed E-state index contributed by atoms with van der Waals surface area (Å²) < 4.78 is 2.87. The molecular formula is C16H19N5OS. The van der Waals surface area contributed by atoms with Crippen LogP contribution in [0.2, 0.25) is 0 Å². The lowest BCUT2D eigenvalue weighted by Gasteiger charge is -2.07. The molecule has 1 amide bonds. The van der Waals surface area contributed by atoms with Crippen LogP contribution in [0, 0.1) is 6.92 Å². The van der Waals surface area contributed by atoms with Crippen molar-refractivity contribution in [2.24, 2.45) is 0 Å². The fraction of sp³-hybridized carbons (Fsp3) is 0.312. The van der Waals surface area contributed by atoms with Crippen molar-refractivity contribution in [1.82, 2.24) is 20.1 Å². The average Bonchev–Trinajstić information content (AvgIpc) is 3.13. The number of para-hydroxylation sites is 1. The smallest absolute Gasteiger partial charge is 0.269 e. The molecule has 0 saturated heterocycles. The van der Waals surface area contributed by atoms with Crippen molar-refractivity contribution in [2.45, 2.75) is 20.4 Å². The van der Waals surface area contributed by atoms with Crippen LogP contribution in [0.15, 0.2) is 30.3 Å². The van der Waals surface area contributed by atoms with Gasteiger partial charge in [-0.05, 0) is 32.0 Å². The van der Waals surface area contributed by atoms with Crippen molar-refractivity contribution in [3.8, 4) is 0 Å². The van der Waals surface area contributed by atoms with Gasteiger partial charge in [0.05, 0.1) is 15.9 Å². The second-order valence-electron chi connectivity index (χ2n) is 5.16. The Balaban J connectivity index is 1.52. The SMILES string of the molecule is CCn1nc(C)cc1C(=O)NCCNc1nc2ccccc2s1. The minimum atomic E-state index is -0.0986. The van der Waals surface area contributed by atoms with Gasteiger partial charge < -0.3 is 10.6 Å². The molecule has 3 aromatic rings. The molecule has 0 aliphatic rings. The molecule has 0 aliphatic heterocycles. The number of aromatic nitrogens is 3. The molecule has 2 heterocycles. The zero-order valence-electron chi connectivity index (χ0n) is 13.2. The Labute approximate surface area is 138 Å². The number of benzene rings is 1. The molecule has 23 heavy (non-hydrogen) atoms. The molecule has 3 rings (SSSR count). The Morgan fingerprint density at radius 1 is 1.30 bits per heavy atom. The summed E-state index contributed by atoms with van der Waals surface area (Å²) in [5.41, 5.74) is 2.45. The highest BCUT2D eigenvalue weighted by atomic mass is 32.1. The molecule has 6 nitrogen and oxygen atoms in total. The van der Waals surface area contributed by atoms with Crippen LogP contribution < -0.4 is 10.6 Å². The summed E-state index contributed by atoms with van der Waals surface area (Å²) in [6, 6.07) is 9.83. The molecule has 2 N–H and O–H groups in total. The summed E-state index contributed by atoms with van der Waals surface area (Å²) in [6.45, 7) is 5.70. The number of nitrogens with zero attached hydrogens (tertiary/aromatic N) is 3. The lowest BCUT2D eigenvalue weighted by molar-refractivity contribution is 0.0944. The number of thiazole rings is 1. The molecule has 0 fully saturated rings. The third-order valence-corrected chi connectivity index (χ3v) is 4.41. The zero-order valence-corrected chi connectivity index (χ0v) is 14.0. The maximum Gasteiger partial charge on any atom is 0.269 e. The van der Waals surface area contributed by atoms with Crippen molar-refractivity contribution in [2.75, 3.05) is 18.4 Å². The van der Waals surface area contributed by atoms with Crippen molar-refractivity contribution < 1.29 is 4.79 Å². The number of aryl methyl sites for hydroxylation is 2. The van der Waals surface area contributed by atoms with Gasteiger partial charge in [-0.3, -0.25) is 9.48 Å². The summed E-state index contributed by atoms with van der Waals surface area (Å²) in [5.74, 6) is -0.0986. The molecule has 0 aliphatic carbocycles. The Morgan fingerprint density at radius 3 is 2.91 bits per heavy atom. The minimum absolute atomic E-state index is 0.0986. The van der Waals surface area contributed by atoms with E-state index in [-0.39, 0.29) is 5.91 Å². The van der Waals surface area contributed by atoms with Crippen molar-refractivity contribution in [3.63, 3.8) is 0 Å². The van der Waals surface area contributed by atoms with Crippen LogP contribution in [0.1, 0.15) is 23.1 Å². The molecule has 0 spiro atoms. The average molecular weight is 329 g/mol. The summed E-state index contributed by atoms with van der Waals surface area (Å²) in [5, 5.41) is 11.3. The standard InChI is InChI=1S/C16H19N5OS/c1-3-21-13(10-11(2)20-21)15(22)17-8-9-18-16-19-12-6-4-5-7-14(12)23-16/h4-7,10H,3,8-9H2,1-2H3,(H,17,22)(H,18,19). The minimum Gasteiger partial charge on any atom is -0.360 e. The van der Waals surface area contributed by atoms with Gasteiger partial charge in [0, 0.05) is 19.6 Å². The van der Waals surface area contributed by atoms with Gasteiger partial charge in [0.25, 0.3) is 5.91 Å². The quantitative estimate of drug-likeness (QED) is 0.682. The second-order valence-corrected chi connectivity index (χ2v) is 6.19. The van der Waals surface area contributed by atoms with E-state index < -0.39 is 0 Å². The molecule has 0 unspecified atom stereocenters. The van der Waals surface area contributed by atoms with Crippen LogP contribution in [-0.2, 0) is 6.54 Å². The molecule has 0 radical (unpaired) electrons. The largest absolute Gasteiger partial charge is 0.360 e. The van der Waals surface area contributed by atoms with E-state index in [1.165, 1.54) is 0 Å². The third-order valence-electron chi connectivity index (χ3n) is 3.41. The highest BCUT2D eigenvalue weighted by Gasteiger charge is 2.12. The van der Waals surface area contributed by atoms with Crippen LogP contribution >= 0.6 is 11.3 Å². The van der Waals surface area contributed by atoms with E-state index in [2.05, 4.69) is 20.7 Å². The summed E-state index contributed by atoms with van der Waals surface area (Å²) in [6.07, 6.45) is 0. The summed E-state index contributed by atoms with van der Waals surface area (Å²) in [4.78, 5) is 16.7. The number of anilines is 1. The lowest BCUT2D eigenvalue weighted by Crippen LogP contribution is -2.30. The third kappa shape index (κ3) is 3.50. The van der Waals surface area contributed by atoms with Gasteiger partial charge in [0.1, 0.15) is 5.69 Å². The first-order valence-corrected chi connectivity index (χ1v) is 8.41. The highest BCUT2D eigenvalue weighted by molar-refractivity contribution is 7.22. The fourth-order valence-corrected chi connectivity index (χ4v) is 3.24. The van der Waals surface area contributed by atoms with Crippen LogP contribution in [0.4, 0.5) is 5.13 Å². The number of amides is 1. The normalized spacial score (nSPS) is 10.9. The van der Waals surface area contributed by atoms with E-state index >= 15 is 0 Å². The van der Waals surface area contributed by atoms with Gasteiger partial charge in [0.2, 0.25) is 0 Å². The number of carbonyl (C=O) groups excluding carboxylic acids is 1. The van der Waals surface area contributed by atoms with Crippen LogP contribution in [0.3, 0.4) is 0 Å². The number of carbonyl (C=O) groups is 1. The second kappa shape index (κ2) is 6.78. The van der Waals surface area contributed by atoms with Crippen LogP contribution in [0.25, 0.3) is 10.2 Å². The molecule has 1 aromatic carbocycles. The topological polar surface area (TPSA) is 71.8 Å². The number of nitrogens with one attached hydrogen (secondary N) is 2. The van der Waals surface area contributed by atoms with E-state index in [1.54, 1.807) is 22.1 Å².